The van der Waals surface area contributed by atoms with Crippen molar-refractivity contribution in [1.29, 1.82) is 0 Å². The van der Waals surface area contributed by atoms with Crippen LogP contribution in [0.2, 0.25) is 0 Å². The number of nitrogens with zero attached hydrogens (tertiary/aromatic N) is 1. The summed E-state index contributed by atoms with van der Waals surface area (Å²) in [5.41, 5.74) is 3.46. The smallest absolute Gasteiger partial charge is 0.264 e. The van der Waals surface area contributed by atoms with E-state index in [1.807, 2.05) is 43.5 Å². The largest absolute Gasteiger partial charge is 0.467 e. The van der Waals surface area contributed by atoms with Crippen molar-refractivity contribution < 1.29 is 9.21 Å². The van der Waals surface area contributed by atoms with Gasteiger partial charge in [0.25, 0.3) is 11.5 Å². The standard InChI is InChI=1S/C22H20N2O3S/c1-14-9-16-11-17(21(25)23-19(16)10-15(14)2)12-24(13-18-5-3-7-27-18)22(26)20-6-4-8-28-20/h3-11H,12-13H2,1-2H3,(H,23,25). The van der Waals surface area contributed by atoms with Gasteiger partial charge in [-0.2, -0.15) is 0 Å². The first-order valence-electron chi connectivity index (χ1n) is 8.99. The van der Waals surface area contributed by atoms with Gasteiger partial charge in [0.1, 0.15) is 5.76 Å². The third kappa shape index (κ3) is 3.64. The summed E-state index contributed by atoms with van der Waals surface area (Å²) in [4.78, 5) is 30.9. The number of benzene rings is 1. The van der Waals surface area contributed by atoms with Crippen molar-refractivity contribution in [3.05, 3.63) is 91.8 Å². The van der Waals surface area contributed by atoms with Crippen molar-refractivity contribution in [2.75, 3.05) is 0 Å². The number of hydrogen-bond donors (Lipinski definition) is 1. The van der Waals surface area contributed by atoms with Gasteiger partial charge in [-0.1, -0.05) is 6.07 Å². The summed E-state index contributed by atoms with van der Waals surface area (Å²) in [6, 6.07) is 13.2. The summed E-state index contributed by atoms with van der Waals surface area (Å²) in [6.45, 7) is 4.57. The fourth-order valence-corrected chi connectivity index (χ4v) is 3.88. The third-order valence-corrected chi connectivity index (χ3v) is 5.70. The Bertz CT molecular complexity index is 1170. The van der Waals surface area contributed by atoms with E-state index in [-0.39, 0.29) is 18.0 Å². The van der Waals surface area contributed by atoms with E-state index < -0.39 is 0 Å². The number of amides is 1. The van der Waals surface area contributed by atoms with Crippen molar-refractivity contribution in [2.45, 2.75) is 26.9 Å². The van der Waals surface area contributed by atoms with Gasteiger partial charge in [0.2, 0.25) is 0 Å². The molecule has 0 radical (unpaired) electrons. The molecule has 3 heterocycles. The summed E-state index contributed by atoms with van der Waals surface area (Å²) in [6.07, 6.45) is 1.58. The van der Waals surface area contributed by atoms with Gasteiger partial charge in [-0.05, 0) is 72.1 Å². The lowest BCUT2D eigenvalue weighted by molar-refractivity contribution is 0.0722. The summed E-state index contributed by atoms with van der Waals surface area (Å²) >= 11 is 1.39. The van der Waals surface area contributed by atoms with Crippen molar-refractivity contribution in [3.63, 3.8) is 0 Å². The van der Waals surface area contributed by atoms with Crippen molar-refractivity contribution >= 4 is 28.1 Å². The van der Waals surface area contributed by atoms with E-state index in [2.05, 4.69) is 11.1 Å². The van der Waals surface area contributed by atoms with Crippen molar-refractivity contribution in [2.24, 2.45) is 0 Å². The van der Waals surface area contributed by atoms with Crippen LogP contribution in [-0.4, -0.2) is 15.8 Å². The van der Waals surface area contributed by atoms with Gasteiger partial charge in [-0.3, -0.25) is 9.59 Å². The first-order valence-corrected chi connectivity index (χ1v) is 9.87. The minimum absolute atomic E-state index is 0.119. The topological polar surface area (TPSA) is 66.3 Å². The lowest BCUT2D eigenvalue weighted by Gasteiger charge is -2.21. The Morgan fingerprint density at radius 1 is 1.11 bits per heavy atom. The van der Waals surface area contributed by atoms with Crippen LogP contribution in [0.15, 0.2) is 63.3 Å². The molecule has 0 aliphatic heterocycles. The van der Waals surface area contributed by atoms with Crippen LogP contribution in [0.4, 0.5) is 0 Å². The molecule has 0 bridgehead atoms. The van der Waals surface area contributed by atoms with E-state index in [1.54, 1.807) is 23.3 Å². The molecule has 1 aromatic carbocycles. The highest BCUT2D eigenvalue weighted by Crippen LogP contribution is 2.20. The highest BCUT2D eigenvalue weighted by molar-refractivity contribution is 7.12. The van der Waals surface area contributed by atoms with Gasteiger partial charge in [-0.25, -0.2) is 0 Å². The zero-order chi connectivity index (χ0) is 19.7. The van der Waals surface area contributed by atoms with Crippen LogP contribution in [0.1, 0.15) is 32.1 Å². The van der Waals surface area contributed by atoms with E-state index in [9.17, 15) is 9.59 Å². The molecule has 28 heavy (non-hydrogen) atoms. The fourth-order valence-electron chi connectivity index (χ4n) is 3.19. The number of furan rings is 1. The molecule has 0 spiro atoms. The van der Waals surface area contributed by atoms with Crippen LogP contribution in [0.3, 0.4) is 0 Å². The quantitative estimate of drug-likeness (QED) is 0.538. The van der Waals surface area contributed by atoms with Gasteiger partial charge in [0.15, 0.2) is 0 Å². The zero-order valence-corrected chi connectivity index (χ0v) is 16.5. The van der Waals surface area contributed by atoms with Gasteiger partial charge in [0, 0.05) is 11.1 Å². The van der Waals surface area contributed by atoms with Gasteiger partial charge in [0.05, 0.1) is 24.2 Å². The van der Waals surface area contributed by atoms with E-state index >= 15 is 0 Å². The number of aromatic nitrogens is 1. The molecule has 5 nitrogen and oxygen atoms in total. The molecule has 142 valence electrons. The highest BCUT2D eigenvalue weighted by Gasteiger charge is 2.20. The SMILES string of the molecule is Cc1cc2cc(CN(Cc3ccco3)C(=O)c3cccs3)c(=O)[nH]c2cc1C. The lowest BCUT2D eigenvalue weighted by atomic mass is 10.0. The number of carbonyl (C=O) groups is 1. The molecule has 0 fully saturated rings. The van der Waals surface area contributed by atoms with Crippen LogP contribution in [0, 0.1) is 13.8 Å². The third-order valence-electron chi connectivity index (χ3n) is 4.84. The fraction of sp³-hybridized carbons (Fsp3) is 0.182. The number of pyridine rings is 1. The Morgan fingerprint density at radius 2 is 1.93 bits per heavy atom. The molecule has 1 N–H and O–H groups in total. The molecule has 4 rings (SSSR count). The molecule has 0 saturated heterocycles. The molecule has 6 heteroatoms. The first-order chi connectivity index (χ1) is 13.5. The molecule has 3 aromatic heterocycles. The molecule has 0 aliphatic carbocycles. The van der Waals surface area contributed by atoms with Crippen LogP contribution in [0.5, 0.6) is 0 Å². The molecule has 0 aliphatic rings. The van der Waals surface area contributed by atoms with E-state index in [0.29, 0.717) is 22.7 Å². The second-order valence-electron chi connectivity index (χ2n) is 6.87. The number of fused-ring (bicyclic) bond motifs is 1. The number of nitrogens with one attached hydrogen (secondary N) is 1. The van der Waals surface area contributed by atoms with Crippen molar-refractivity contribution in [3.8, 4) is 0 Å². The van der Waals surface area contributed by atoms with Crippen LogP contribution < -0.4 is 5.56 Å². The summed E-state index contributed by atoms with van der Waals surface area (Å²) in [5.74, 6) is 0.555. The molecule has 0 unspecified atom stereocenters. The number of carbonyl (C=O) groups excluding carboxylic acids is 1. The minimum Gasteiger partial charge on any atom is -0.467 e. The van der Waals surface area contributed by atoms with Crippen LogP contribution >= 0.6 is 11.3 Å². The highest BCUT2D eigenvalue weighted by atomic mass is 32.1. The van der Waals surface area contributed by atoms with E-state index in [0.717, 1.165) is 22.0 Å². The normalized spacial score (nSPS) is 11.1. The number of rotatable bonds is 5. The molecular weight excluding hydrogens is 372 g/mol. The van der Waals surface area contributed by atoms with E-state index in [1.165, 1.54) is 11.3 Å². The average molecular weight is 392 g/mol. The molecule has 0 saturated carbocycles. The zero-order valence-electron chi connectivity index (χ0n) is 15.7. The monoisotopic (exact) mass is 392 g/mol. The van der Waals surface area contributed by atoms with Crippen LogP contribution in [-0.2, 0) is 13.1 Å². The maximum absolute atomic E-state index is 13.0. The number of thiophene rings is 1. The van der Waals surface area contributed by atoms with Crippen molar-refractivity contribution in [1.82, 2.24) is 9.88 Å². The Labute approximate surface area is 166 Å². The van der Waals surface area contributed by atoms with Gasteiger partial charge in [-0.15, -0.1) is 11.3 Å². The maximum Gasteiger partial charge on any atom is 0.264 e. The average Bonchev–Trinajstić information content (AvgIpc) is 3.37. The Hall–Kier alpha value is -3.12. The summed E-state index contributed by atoms with van der Waals surface area (Å²) < 4.78 is 5.42. The number of aryl methyl sites for hydroxylation is 2. The number of hydrogen-bond acceptors (Lipinski definition) is 4. The first kappa shape index (κ1) is 18.3. The second-order valence-corrected chi connectivity index (χ2v) is 7.81. The molecule has 4 aromatic rings. The Balaban J connectivity index is 1.71. The predicted octanol–water partition coefficient (Wildman–Crippen LogP) is 4.64. The van der Waals surface area contributed by atoms with Gasteiger partial charge >= 0.3 is 0 Å². The summed E-state index contributed by atoms with van der Waals surface area (Å²) in [7, 11) is 0. The minimum atomic E-state index is -0.181. The molecular formula is C22H20N2O3S. The summed E-state index contributed by atoms with van der Waals surface area (Å²) in [5, 5.41) is 2.82. The Kier molecular flexibility index (Phi) is 4.88. The maximum atomic E-state index is 13.0. The number of H-pyrrole nitrogens is 1. The second kappa shape index (κ2) is 7.48. The van der Waals surface area contributed by atoms with E-state index in [4.69, 9.17) is 4.42 Å². The van der Waals surface area contributed by atoms with Crippen LogP contribution in [0.25, 0.3) is 10.9 Å². The molecule has 1 amide bonds. The van der Waals surface area contributed by atoms with Gasteiger partial charge < -0.3 is 14.3 Å². The lowest BCUT2D eigenvalue weighted by Crippen LogP contribution is -2.32. The Morgan fingerprint density at radius 3 is 2.64 bits per heavy atom. The predicted molar refractivity (Wildman–Crippen MR) is 111 cm³/mol. The molecule has 0 atom stereocenters. The number of aromatic amines is 1.